The summed E-state index contributed by atoms with van der Waals surface area (Å²) in [6.45, 7) is 4.02. The van der Waals surface area contributed by atoms with Crippen molar-refractivity contribution in [1.29, 1.82) is 0 Å². The Bertz CT molecular complexity index is 472. The Balaban J connectivity index is 1.86. The van der Waals surface area contributed by atoms with Crippen LogP contribution in [0.1, 0.15) is 57.6 Å². The summed E-state index contributed by atoms with van der Waals surface area (Å²) in [4.78, 5) is 12.3. The van der Waals surface area contributed by atoms with Gasteiger partial charge in [0.25, 0.3) is 0 Å². The maximum Gasteiger partial charge on any atom is 0.237 e. The standard InChI is InChI=1S/C17H25BrN2O/c1-12(15-10-6-7-11-16(15)18)19-13(2)17(21)20-14-8-4-3-5-9-14/h6-7,10-14,19H,3-5,8-9H2,1-2H3,(H,20,21)/t12-,13?/m0/s1. The molecule has 116 valence electrons. The molecule has 1 aromatic carbocycles. The summed E-state index contributed by atoms with van der Waals surface area (Å²) >= 11 is 3.56. The minimum atomic E-state index is -0.186. The number of hydrogen-bond acceptors (Lipinski definition) is 2. The molecular formula is C17H25BrN2O. The molecule has 4 heteroatoms. The molecule has 1 aromatic rings. The lowest BCUT2D eigenvalue weighted by atomic mass is 9.95. The van der Waals surface area contributed by atoms with Crippen LogP contribution in [-0.2, 0) is 4.79 Å². The molecule has 2 rings (SSSR count). The molecular weight excluding hydrogens is 328 g/mol. The second-order valence-electron chi connectivity index (χ2n) is 5.98. The Labute approximate surface area is 136 Å². The first-order valence-corrected chi connectivity index (χ1v) is 8.68. The van der Waals surface area contributed by atoms with Gasteiger partial charge in [0, 0.05) is 16.6 Å². The van der Waals surface area contributed by atoms with Crippen LogP contribution in [-0.4, -0.2) is 18.0 Å². The number of carbonyl (C=O) groups is 1. The van der Waals surface area contributed by atoms with E-state index in [9.17, 15) is 4.79 Å². The van der Waals surface area contributed by atoms with Crippen molar-refractivity contribution in [2.75, 3.05) is 0 Å². The molecule has 0 aliphatic heterocycles. The van der Waals surface area contributed by atoms with Crippen LogP contribution in [0, 0.1) is 0 Å². The van der Waals surface area contributed by atoms with Crippen molar-refractivity contribution in [2.24, 2.45) is 0 Å². The monoisotopic (exact) mass is 352 g/mol. The van der Waals surface area contributed by atoms with Crippen LogP contribution in [0.25, 0.3) is 0 Å². The Morgan fingerprint density at radius 3 is 2.52 bits per heavy atom. The number of amides is 1. The van der Waals surface area contributed by atoms with Gasteiger partial charge in [-0.25, -0.2) is 0 Å². The van der Waals surface area contributed by atoms with Crippen molar-refractivity contribution < 1.29 is 4.79 Å². The molecule has 0 aromatic heterocycles. The highest BCUT2D eigenvalue weighted by Crippen LogP contribution is 2.23. The average molecular weight is 353 g/mol. The maximum atomic E-state index is 12.3. The van der Waals surface area contributed by atoms with Crippen molar-refractivity contribution in [3.05, 3.63) is 34.3 Å². The third kappa shape index (κ3) is 4.82. The van der Waals surface area contributed by atoms with E-state index in [1.807, 2.05) is 25.1 Å². The molecule has 3 nitrogen and oxygen atoms in total. The smallest absolute Gasteiger partial charge is 0.237 e. The molecule has 1 unspecified atom stereocenters. The summed E-state index contributed by atoms with van der Waals surface area (Å²) in [5.41, 5.74) is 1.18. The fraction of sp³-hybridized carbons (Fsp3) is 0.588. The average Bonchev–Trinajstić information content (AvgIpc) is 2.48. The fourth-order valence-electron chi connectivity index (χ4n) is 2.94. The molecule has 2 N–H and O–H groups in total. The lowest BCUT2D eigenvalue weighted by Crippen LogP contribution is -2.47. The minimum absolute atomic E-state index is 0.112. The number of hydrogen-bond donors (Lipinski definition) is 2. The van der Waals surface area contributed by atoms with Gasteiger partial charge in [-0.05, 0) is 38.3 Å². The van der Waals surface area contributed by atoms with Gasteiger partial charge in [0.05, 0.1) is 6.04 Å². The second-order valence-corrected chi connectivity index (χ2v) is 6.83. The van der Waals surface area contributed by atoms with Crippen molar-refractivity contribution in [1.82, 2.24) is 10.6 Å². The van der Waals surface area contributed by atoms with Gasteiger partial charge in [-0.1, -0.05) is 53.4 Å². The molecule has 2 atom stereocenters. The van der Waals surface area contributed by atoms with Gasteiger partial charge in [-0.15, -0.1) is 0 Å². The molecule has 1 amide bonds. The summed E-state index contributed by atoms with van der Waals surface area (Å²) in [7, 11) is 0. The van der Waals surface area contributed by atoms with Gasteiger partial charge in [-0.2, -0.15) is 0 Å². The first kappa shape index (κ1) is 16.5. The highest BCUT2D eigenvalue weighted by atomic mass is 79.9. The van der Waals surface area contributed by atoms with Gasteiger partial charge in [0.1, 0.15) is 0 Å². The Kier molecular flexibility index (Phi) is 6.24. The fourth-order valence-corrected chi connectivity index (χ4v) is 3.57. The van der Waals surface area contributed by atoms with Crippen LogP contribution in [0.2, 0.25) is 0 Å². The molecule has 1 saturated carbocycles. The molecule has 0 radical (unpaired) electrons. The van der Waals surface area contributed by atoms with Crippen LogP contribution >= 0.6 is 15.9 Å². The van der Waals surface area contributed by atoms with Crippen LogP contribution in [0.4, 0.5) is 0 Å². The minimum Gasteiger partial charge on any atom is -0.352 e. The van der Waals surface area contributed by atoms with Crippen LogP contribution in [0.15, 0.2) is 28.7 Å². The zero-order valence-electron chi connectivity index (χ0n) is 12.9. The molecule has 0 bridgehead atoms. The van der Waals surface area contributed by atoms with Crippen molar-refractivity contribution in [2.45, 2.75) is 64.1 Å². The topological polar surface area (TPSA) is 41.1 Å². The largest absolute Gasteiger partial charge is 0.352 e. The highest BCUT2D eigenvalue weighted by Gasteiger charge is 2.21. The van der Waals surface area contributed by atoms with Crippen LogP contribution in [0.3, 0.4) is 0 Å². The van der Waals surface area contributed by atoms with E-state index in [2.05, 4.69) is 39.6 Å². The molecule has 1 fully saturated rings. The third-order valence-corrected chi connectivity index (χ3v) is 4.94. The van der Waals surface area contributed by atoms with E-state index < -0.39 is 0 Å². The zero-order chi connectivity index (χ0) is 15.2. The highest BCUT2D eigenvalue weighted by molar-refractivity contribution is 9.10. The van der Waals surface area contributed by atoms with Gasteiger partial charge in [-0.3, -0.25) is 10.1 Å². The van der Waals surface area contributed by atoms with Gasteiger partial charge in [0.15, 0.2) is 0 Å². The lowest BCUT2D eigenvalue weighted by Gasteiger charge is -2.26. The van der Waals surface area contributed by atoms with E-state index in [-0.39, 0.29) is 18.0 Å². The van der Waals surface area contributed by atoms with Gasteiger partial charge < -0.3 is 5.32 Å². The number of benzene rings is 1. The molecule has 0 saturated heterocycles. The van der Waals surface area contributed by atoms with E-state index in [1.54, 1.807) is 0 Å². The molecule has 21 heavy (non-hydrogen) atoms. The Hall–Kier alpha value is -0.870. The maximum absolute atomic E-state index is 12.3. The van der Waals surface area contributed by atoms with Crippen LogP contribution in [0.5, 0.6) is 0 Å². The van der Waals surface area contributed by atoms with Crippen LogP contribution < -0.4 is 10.6 Å². The van der Waals surface area contributed by atoms with Crippen molar-refractivity contribution >= 4 is 21.8 Å². The number of nitrogens with one attached hydrogen (secondary N) is 2. The lowest BCUT2D eigenvalue weighted by molar-refractivity contribution is -0.123. The SMILES string of the molecule is CC(N[C@@H](C)c1ccccc1Br)C(=O)NC1CCCCC1. The predicted octanol–water partition coefficient (Wildman–Crippen LogP) is 3.94. The van der Waals surface area contributed by atoms with Crippen molar-refractivity contribution in [3.63, 3.8) is 0 Å². The van der Waals surface area contributed by atoms with E-state index in [0.717, 1.165) is 17.3 Å². The molecule has 1 aliphatic rings. The molecule has 1 aliphatic carbocycles. The van der Waals surface area contributed by atoms with E-state index in [4.69, 9.17) is 0 Å². The van der Waals surface area contributed by atoms with E-state index in [1.165, 1.54) is 24.8 Å². The quantitative estimate of drug-likeness (QED) is 0.842. The van der Waals surface area contributed by atoms with Gasteiger partial charge in [0.2, 0.25) is 5.91 Å². The summed E-state index contributed by atoms with van der Waals surface area (Å²) in [5, 5.41) is 6.56. The summed E-state index contributed by atoms with van der Waals surface area (Å²) < 4.78 is 1.07. The number of halogens is 1. The normalized spacial score (nSPS) is 19.0. The first-order valence-electron chi connectivity index (χ1n) is 7.89. The second kappa shape index (κ2) is 7.95. The van der Waals surface area contributed by atoms with E-state index >= 15 is 0 Å². The summed E-state index contributed by atoms with van der Waals surface area (Å²) in [6.07, 6.45) is 6.02. The Morgan fingerprint density at radius 2 is 1.86 bits per heavy atom. The summed E-state index contributed by atoms with van der Waals surface area (Å²) in [6, 6.07) is 8.44. The first-order chi connectivity index (χ1) is 10.1. The van der Waals surface area contributed by atoms with Gasteiger partial charge >= 0.3 is 0 Å². The number of carbonyl (C=O) groups excluding carboxylic acids is 1. The summed E-state index contributed by atoms with van der Waals surface area (Å²) in [5.74, 6) is 0.112. The molecule has 0 heterocycles. The predicted molar refractivity (Wildman–Crippen MR) is 90.2 cm³/mol. The van der Waals surface area contributed by atoms with E-state index in [0.29, 0.717) is 6.04 Å². The zero-order valence-corrected chi connectivity index (χ0v) is 14.4. The number of rotatable bonds is 5. The third-order valence-electron chi connectivity index (χ3n) is 4.22. The van der Waals surface area contributed by atoms with Crippen molar-refractivity contribution in [3.8, 4) is 0 Å². The Morgan fingerprint density at radius 1 is 1.19 bits per heavy atom. The molecule has 0 spiro atoms.